The van der Waals surface area contributed by atoms with E-state index in [1.807, 2.05) is 42.7 Å². The summed E-state index contributed by atoms with van der Waals surface area (Å²) in [5.41, 5.74) is 3.78. The Morgan fingerprint density at radius 2 is 2.10 bits per heavy atom. The number of aliphatic imine (C=N–C) groups is 1. The largest absolute Gasteiger partial charge is 0.333 e. The van der Waals surface area contributed by atoms with E-state index in [9.17, 15) is 4.79 Å². The van der Waals surface area contributed by atoms with Gasteiger partial charge in [-0.3, -0.25) is 4.79 Å². The lowest BCUT2D eigenvalue weighted by Crippen LogP contribution is -2.04. The first-order chi connectivity index (χ1) is 14.2. The summed E-state index contributed by atoms with van der Waals surface area (Å²) >= 11 is 7.50. The molecule has 0 bridgehead atoms. The topological polar surface area (TPSA) is 59.3 Å². The van der Waals surface area contributed by atoms with E-state index in [0.29, 0.717) is 15.1 Å². The number of hydrogen-bond acceptors (Lipinski definition) is 4. The molecule has 1 aliphatic carbocycles. The van der Waals surface area contributed by atoms with Gasteiger partial charge >= 0.3 is 0 Å². The number of imidazole rings is 1. The van der Waals surface area contributed by atoms with Crippen LogP contribution in [0.1, 0.15) is 24.8 Å². The molecule has 2 aliphatic rings. The van der Waals surface area contributed by atoms with Crippen LogP contribution < -0.4 is 5.32 Å². The third kappa shape index (κ3) is 4.09. The van der Waals surface area contributed by atoms with E-state index < -0.39 is 0 Å². The van der Waals surface area contributed by atoms with Crippen molar-refractivity contribution in [3.05, 3.63) is 64.3 Å². The average Bonchev–Trinajstić information content (AvgIpc) is 3.37. The number of nitrogens with one attached hydrogen (secondary N) is 1. The molecule has 0 atom stereocenters. The number of aryl methyl sites for hydroxylation is 1. The zero-order valence-electron chi connectivity index (χ0n) is 15.6. The van der Waals surface area contributed by atoms with Crippen molar-refractivity contribution in [2.75, 3.05) is 5.32 Å². The molecule has 0 spiro atoms. The monoisotopic (exact) mass is 422 g/mol. The number of halogens is 1. The maximum Gasteiger partial charge on any atom is 0.286 e. The summed E-state index contributed by atoms with van der Waals surface area (Å²) in [6, 6.07) is 13.5. The van der Waals surface area contributed by atoms with Gasteiger partial charge in [-0.1, -0.05) is 42.6 Å². The molecule has 0 saturated heterocycles. The summed E-state index contributed by atoms with van der Waals surface area (Å²) in [7, 11) is 0. The number of para-hydroxylation sites is 1. The first kappa shape index (κ1) is 18.5. The number of aromatic nitrogens is 2. The van der Waals surface area contributed by atoms with Gasteiger partial charge in [0, 0.05) is 6.54 Å². The number of benzene rings is 2. The molecule has 146 valence electrons. The first-order valence-corrected chi connectivity index (χ1v) is 10.8. The Kier molecular flexibility index (Phi) is 4.89. The van der Waals surface area contributed by atoms with Crippen LogP contribution in [0.2, 0.25) is 5.02 Å². The van der Waals surface area contributed by atoms with Crippen molar-refractivity contribution in [3.8, 4) is 0 Å². The molecule has 1 fully saturated rings. The maximum absolute atomic E-state index is 12.4. The molecular formula is C22H19ClN4OS. The van der Waals surface area contributed by atoms with Crippen LogP contribution in [-0.2, 0) is 11.3 Å². The van der Waals surface area contributed by atoms with Crippen molar-refractivity contribution < 1.29 is 4.79 Å². The van der Waals surface area contributed by atoms with Gasteiger partial charge in [0.1, 0.15) is 0 Å². The molecule has 1 aromatic heterocycles. The zero-order valence-corrected chi connectivity index (χ0v) is 17.2. The van der Waals surface area contributed by atoms with Crippen LogP contribution in [0.15, 0.2) is 58.7 Å². The molecule has 1 aliphatic heterocycles. The van der Waals surface area contributed by atoms with Gasteiger partial charge in [0.15, 0.2) is 5.17 Å². The maximum atomic E-state index is 12.4. The van der Waals surface area contributed by atoms with Crippen LogP contribution in [0.25, 0.3) is 17.1 Å². The molecule has 7 heteroatoms. The Labute approximate surface area is 177 Å². The van der Waals surface area contributed by atoms with Gasteiger partial charge in [0.25, 0.3) is 5.91 Å². The molecule has 1 saturated carbocycles. The highest BCUT2D eigenvalue weighted by atomic mass is 35.5. The number of amides is 1. The molecule has 0 radical (unpaired) electrons. The van der Waals surface area contributed by atoms with Gasteiger partial charge < -0.3 is 9.88 Å². The molecule has 1 N–H and O–H groups in total. The van der Waals surface area contributed by atoms with Crippen LogP contribution >= 0.6 is 23.4 Å². The van der Waals surface area contributed by atoms with Gasteiger partial charge in [0.05, 0.1) is 33.0 Å². The molecule has 5 rings (SSSR count). The van der Waals surface area contributed by atoms with Crippen LogP contribution in [0, 0.1) is 5.92 Å². The summed E-state index contributed by atoms with van der Waals surface area (Å²) in [6.07, 6.45) is 7.71. The number of amidine groups is 1. The summed E-state index contributed by atoms with van der Waals surface area (Å²) in [4.78, 5) is 21.6. The van der Waals surface area contributed by atoms with E-state index in [1.54, 1.807) is 6.07 Å². The predicted molar refractivity (Wildman–Crippen MR) is 120 cm³/mol. The Morgan fingerprint density at radius 3 is 2.93 bits per heavy atom. The second-order valence-electron chi connectivity index (χ2n) is 7.36. The fourth-order valence-electron chi connectivity index (χ4n) is 3.36. The van der Waals surface area contributed by atoms with Gasteiger partial charge in [-0.25, -0.2) is 4.98 Å². The van der Waals surface area contributed by atoms with Crippen molar-refractivity contribution >= 4 is 57.2 Å². The van der Waals surface area contributed by atoms with E-state index in [1.165, 1.54) is 31.0 Å². The fourth-order valence-corrected chi connectivity index (χ4v) is 4.37. The third-order valence-electron chi connectivity index (χ3n) is 5.15. The smallest absolute Gasteiger partial charge is 0.286 e. The Morgan fingerprint density at radius 1 is 1.24 bits per heavy atom. The number of hydrogen-bond donors (Lipinski definition) is 1. The minimum absolute atomic E-state index is 0.244. The average molecular weight is 423 g/mol. The SMILES string of the molecule is O=C1N=C(Nc2ccccc2Cl)S/C1=C\c1ccc2ncn(CCC3CC3)c2c1. The van der Waals surface area contributed by atoms with Gasteiger partial charge in [-0.2, -0.15) is 4.99 Å². The molecule has 3 aromatic rings. The van der Waals surface area contributed by atoms with Crippen molar-refractivity contribution in [2.24, 2.45) is 10.9 Å². The highest BCUT2D eigenvalue weighted by molar-refractivity contribution is 8.18. The van der Waals surface area contributed by atoms with Gasteiger partial charge in [0.2, 0.25) is 0 Å². The lowest BCUT2D eigenvalue weighted by Gasteiger charge is -2.06. The van der Waals surface area contributed by atoms with E-state index in [4.69, 9.17) is 11.6 Å². The minimum Gasteiger partial charge on any atom is -0.333 e. The number of carbonyl (C=O) groups excluding carboxylic acids is 1. The molecule has 29 heavy (non-hydrogen) atoms. The van der Waals surface area contributed by atoms with E-state index in [2.05, 4.69) is 25.9 Å². The van der Waals surface area contributed by atoms with Crippen molar-refractivity contribution in [1.29, 1.82) is 0 Å². The van der Waals surface area contributed by atoms with Crippen LogP contribution in [-0.4, -0.2) is 20.6 Å². The Balaban J connectivity index is 1.34. The van der Waals surface area contributed by atoms with E-state index >= 15 is 0 Å². The molecule has 0 unspecified atom stereocenters. The predicted octanol–water partition coefficient (Wildman–Crippen LogP) is 5.57. The molecular weight excluding hydrogens is 404 g/mol. The summed E-state index contributed by atoms with van der Waals surface area (Å²) in [6.45, 7) is 0.990. The second-order valence-corrected chi connectivity index (χ2v) is 8.79. The van der Waals surface area contributed by atoms with Crippen molar-refractivity contribution in [3.63, 3.8) is 0 Å². The number of fused-ring (bicyclic) bond motifs is 1. The van der Waals surface area contributed by atoms with Gasteiger partial charge in [-0.15, -0.1) is 0 Å². The molecule has 1 amide bonds. The van der Waals surface area contributed by atoms with Gasteiger partial charge in [-0.05, 0) is 60.0 Å². The number of carbonyl (C=O) groups is 1. The number of thioether (sulfide) groups is 1. The first-order valence-electron chi connectivity index (χ1n) is 9.65. The summed E-state index contributed by atoms with van der Waals surface area (Å²) in [5.74, 6) is 0.637. The van der Waals surface area contributed by atoms with Crippen LogP contribution in [0.5, 0.6) is 0 Å². The normalized spacial score (nSPS) is 17.9. The van der Waals surface area contributed by atoms with Crippen molar-refractivity contribution in [1.82, 2.24) is 9.55 Å². The fraction of sp³-hybridized carbons (Fsp3) is 0.227. The van der Waals surface area contributed by atoms with E-state index in [0.717, 1.165) is 34.7 Å². The molecule has 2 heterocycles. The second kappa shape index (κ2) is 7.69. The number of anilines is 1. The highest BCUT2D eigenvalue weighted by Crippen LogP contribution is 2.34. The quantitative estimate of drug-likeness (QED) is 0.546. The summed E-state index contributed by atoms with van der Waals surface area (Å²) < 4.78 is 2.21. The summed E-state index contributed by atoms with van der Waals surface area (Å²) in [5, 5.41) is 4.25. The highest BCUT2D eigenvalue weighted by Gasteiger charge is 2.23. The number of nitrogens with zero attached hydrogens (tertiary/aromatic N) is 3. The standard InChI is InChI=1S/C22H19ClN4OS/c23-16-3-1-2-4-17(16)25-22-26-21(28)20(29-22)12-15-7-8-18-19(11-15)27(13-24-18)10-9-14-5-6-14/h1-4,7-8,11-14H,5-6,9-10H2,(H,25,26,28)/b20-12-. The lowest BCUT2D eigenvalue weighted by molar-refractivity contribution is -0.113. The lowest BCUT2D eigenvalue weighted by atomic mass is 10.2. The zero-order chi connectivity index (χ0) is 19.8. The van der Waals surface area contributed by atoms with Crippen LogP contribution in [0.3, 0.4) is 0 Å². The van der Waals surface area contributed by atoms with Crippen molar-refractivity contribution in [2.45, 2.75) is 25.8 Å². The minimum atomic E-state index is -0.244. The molecule has 5 nitrogen and oxygen atoms in total. The van der Waals surface area contributed by atoms with E-state index in [-0.39, 0.29) is 5.91 Å². The molecule has 2 aromatic carbocycles. The Bertz CT molecular complexity index is 1160. The Hall–Kier alpha value is -2.57. The third-order valence-corrected chi connectivity index (χ3v) is 6.38. The number of rotatable bonds is 5. The van der Waals surface area contributed by atoms with Crippen LogP contribution in [0.4, 0.5) is 5.69 Å².